The number of carbonyl (C=O) groups is 1. The molecule has 0 spiro atoms. The molecule has 0 aliphatic rings. The van der Waals surface area contributed by atoms with Crippen molar-refractivity contribution >= 4 is 27.6 Å². The number of sulfonamides is 1. The number of guanidine groups is 1. The number of anilines is 1. The first-order valence-corrected chi connectivity index (χ1v) is 11.1. The van der Waals surface area contributed by atoms with Crippen LogP contribution in [0, 0.1) is 6.92 Å². The van der Waals surface area contributed by atoms with Crippen LogP contribution in [0.4, 0.5) is 5.69 Å². The number of hydrogen-bond acceptors (Lipinski definition) is 3. The van der Waals surface area contributed by atoms with E-state index < -0.39 is 16.0 Å². The molecule has 162 valence electrons. The predicted molar refractivity (Wildman–Crippen MR) is 118 cm³/mol. The molecule has 30 heavy (non-hydrogen) atoms. The molecule has 1 heterocycles. The Morgan fingerprint density at radius 2 is 1.53 bits per heavy atom. The van der Waals surface area contributed by atoms with Gasteiger partial charge >= 0.3 is 0 Å². The van der Waals surface area contributed by atoms with Gasteiger partial charge in [0.15, 0.2) is 11.4 Å². The van der Waals surface area contributed by atoms with Gasteiger partial charge in [0.2, 0.25) is 12.5 Å². The van der Waals surface area contributed by atoms with E-state index in [0.717, 1.165) is 17.0 Å². The number of aryl methyl sites for hydroxylation is 1. The first kappa shape index (κ1) is 23.3. The summed E-state index contributed by atoms with van der Waals surface area (Å²) in [5.41, 5.74) is 14.1. The summed E-state index contributed by atoms with van der Waals surface area (Å²) in [4.78, 5) is 12.7. The lowest BCUT2D eigenvalue weighted by Gasteiger charge is -2.14. The minimum absolute atomic E-state index is 0.0639. The van der Waals surface area contributed by atoms with E-state index in [9.17, 15) is 13.2 Å². The van der Waals surface area contributed by atoms with Crippen molar-refractivity contribution in [3.8, 4) is 0 Å². The number of rotatable bonds is 7. The highest BCUT2D eigenvalue weighted by Crippen LogP contribution is 2.19. The summed E-state index contributed by atoms with van der Waals surface area (Å²) in [6, 6.07) is 9.89. The lowest BCUT2D eigenvalue weighted by Crippen LogP contribution is -2.48. The number of nitrogens with zero attached hydrogens (tertiary/aromatic N) is 2. The Morgan fingerprint density at radius 3 is 1.97 bits per heavy atom. The average Bonchev–Trinajstić information content (AvgIpc) is 2.61. The molecule has 0 aliphatic carbocycles. The van der Waals surface area contributed by atoms with Crippen LogP contribution >= 0.6 is 0 Å². The Hall–Kier alpha value is -2.94. The van der Waals surface area contributed by atoms with Crippen molar-refractivity contribution in [2.45, 2.75) is 57.9 Å². The Kier molecular flexibility index (Phi) is 7.20. The van der Waals surface area contributed by atoms with Gasteiger partial charge in [0.25, 0.3) is 15.9 Å². The van der Waals surface area contributed by atoms with E-state index in [1.807, 2.05) is 0 Å². The van der Waals surface area contributed by atoms with Crippen LogP contribution < -0.4 is 21.4 Å². The van der Waals surface area contributed by atoms with Gasteiger partial charge in [-0.3, -0.25) is 4.79 Å². The molecular formula is C21H30N5O3S+. The summed E-state index contributed by atoms with van der Waals surface area (Å²) in [6.45, 7) is 10.6. The first-order valence-electron chi connectivity index (χ1n) is 9.70. The van der Waals surface area contributed by atoms with Gasteiger partial charge in [-0.25, -0.2) is 0 Å². The molecule has 8 nitrogen and oxygen atoms in total. The fraction of sp³-hybridized carbons (Fsp3) is 0.381. The molecular weight excluding hydrogens is 402 g/mol. The summed E-state index contributed by atoms with van der Waals surface area (Å²) in [5, 5.41) is 2.82. The molecule has 0 fully saturated rings. The molecule has 2 aromatic rings. The van der Waals surface area contributed by atoms with Crippen molar-refractivity contribution in [3.63, 3.8) is 0 Å². The van der Waals surface area contributed by atoms with Crippen LogP contribution in [0.1, 0.15) is 56.5 Å². The molecule has 0 bridgehead atoms. The minimum Gasteiger partial charge on any atom is -0.369 e. The number of nitrogens with one attached hydrogen (secondary N) is 1. The molecule has 0 saturated heterocycles. The zero-order valence-electron chi connectivity index (χ0n) is 18.0. The number of aromatic nitrogens is 1. The van der Waals surface area contributed by atoms with Gasteiger partial charge in [0, 0.05) is 29.7 Å². The monoisotopic (exact) mass is 432 g/mol. The maximum absolute atomic E-state index is 12.7. The van der Waals surface area contributed by atoms with E-state index in [1.165, 1.54) is 24.3 Å². The highest BCUT2D eigenvalue weighted by atomic mass is 32.2. The second-order valence-corrected chi connectivity index (χ2v) is 9.45. The van der Waals surface area contributed by atoms with Crippen LogP contribution in [-0.4, -0.2) is 20.3 Å². The van der Waals surface area contributed by atoms with Crippen molar-refractivity contribution in [3.05, 3.63) is 53.3 Å². The van der Waals surface area contributed by atoms with Crippen LogP contribution in [0.5, 0.6) is 0 Å². The third kappa shape index (κ3) is 5.79. The summed E-state index contributed by atoms with van der Waals surface area (Å²) >= 11 is 0. The van der Waals surface area contributed by atoms with Crippen molar-refractivity contribution in [1.82, 2.24) is 0 Å². The van der Waals surface area contributed by atoms with Crippen molar-refractivity contribution in [2.75, 3.05) is 5.32 Å². The van der Waals surface area contributed by atoms with Gasteiger partial charge in [-0.05, 0) is 36.8 Å². The molecule has 0 radical (unpaired) electrons. The van der Waals surface area contributed by atoms with Crippen LogP contribution in [0.15, 0.2) is 45.7 Å². The van der Waals surface area contributed by atoms with Crippen LogP contribution in [0.2, 0.25) is 0 Å². The number of carbonyl (C=O) groups excluding carboxylic acids is 1. The smallest absolute Gasteiger partial charge is 0.290 e. The topological polar surface area (TPSA) is 132 Å². The molecule has 0 atom stereocenters. The fourth-order valence-corrected chi connectivity index (χ4v) is 4.06. The molecule has 1 aromatic heterocycles. The normalized spacial score (nSPS) is 11.6. The van der Waals surface area contributed by atoms with Crippen molar-refractivity contribution in [2.24, 2.45) is 15.9 Å². The van der Waals surface area contributed by atoms with Gasteiger partial charge in [-0.15, -0.1) is 4.40 Å². The Bertz CT molecular complexity index is 1030. The van der Waals surface area contributed by atoms with Gasteiger partial charge in [0.1, 0.15) is 0 Å². The summed E-state index contributed by atoms with van der Waals surface area (Å²) in [6.07, 6.45) is 0. The SMILES string of the molecule is Cc1cc(C(C)C)[n+](CC(=O)Nc2ccc(S(=O)(=O)N=C(N)N)cc2)c(C(C)C)c1. The zero-order chi connectivity index (χ0) is 22.6. The highest BCUT2D eigenvalue weighted by molar-refractivity contribution is 7.90. The van der Waals surface area contributed by atoms with Crippen LogP contribution in [-0.2, 0) is 21.4 Å². The number of hydrogen-bond donors (Lipinski definition) is 3. The lowest BCUT2D eigenvalue weighted by atomic mass is 10.0. The lowest BCUT2D eigenvalue weighted by molar-refractivity contribution is -0.700. The molecule has 0 aliphatic heterocycles. The Labute approximate surface area is 178 Å². The maximum Gasteiger partial charge on any atom is 0.290 e. The number of amides is 1. The molecule has 2 rings (SSSR count). The second kappa shape index (κ2) is 9.25. The molecule has 1 aromatic carbocycles. The third-order valence-electron chi connectivity index (χ3n) is 4.52. The molecule has 1 amide bonds. The van der Waals surface area contributed by atoms with E-state index in [4.69, 9.17) is 11.5 Å². The van der Waals surface area contributed by atoms with E-state index in [0.29, 0.717) is 5.69 Å². The minimum atomic E-state index is -3.97. The van der Waals surface area contributed by atoms with Crippen LogP contribution in [0.25, 0.3) is 0 Å². The summed E-state index contributed by atoms with van der Waals surface area (Å²) in [7, 11) is -3.97. The van der Waals surface area contributed by atoms with Crippen LogP contribution in [0.3, 0.4) is 0 Å². The standard InChI is InChI=1S/C21H29N5O3S/c1-13(2)18-10-15(5)11-19(14(3)4)26(18)12-20(27)24-16-6-8-17(9-7-16)30(28,29)25-21(22)23/h6-11,13-14H,12H2,1-5H3,(H4-,22,23,24,25,27)/p+1. The quantitative estimate of drug-likeness (QED) is 0.350. The largest absolute Gasteiger partial charge is 0.369 e. The van der Waals surface area contributed by atoms with E-state index in [-0.39, 0.29) is 29.2 Å². The van der Waals surface area contributed by atoms with Crippen molar-refractivity contribution in [1.29, 1.82) is 0 Å². The van der Waals surface area contributed by atoms with Crippen molar-refractivity contribution < 1.29 is 17.8 Å². The summed E-state index contributed by atoms with van der Waals surface area (Å²) in [5.74, 6) is -0.220. The van der Waals surface area contributed by atoms with E-state index >= 15 is 0 Å². The van der Waals surface area contributed by atoms with Gasteiger partial charge in [-0.1, -0.05) is 27.7 Å². The van der Waals surface area contributed by atoms with E-state index in [1.54, 1.807) is 0 Å². The Balaban J connectivity index is 2.26. The molecule has 5 N–H and O–H groups in total. The summed E-state index contributed by atoms with van der Waals surface area (Å²) < 4.78 is 29.3. The molecule has 9 heteroatoms. The number of benzene rings is 1. The molecule has 0 unspecified atom stereocenters. The van der Waals surface area contributed by atoms with Gasteiger partial charge in [0.05, 0.1) is 4.90 Å². The van der Waals surface area contributed by atoms with E-state index in [2.05, 4.69) is 61.0 Å². The highest BCUT2D eigenvalue weighted by Gasteiger charge is 2.25. The predicted octanol–water partition coefficient (Wildman–Crippen LogP) is 2.13. The number of pyridine rings is 1. The first-order chi connectivity index (χ1) is 13.9. The van der Waals surface area contributed by atoms with Gasteiger partial charge in [-0.2, -0.15) is 13.0 Å². The zero-order valence-corrected chi connectivity index (χ0v) is 18.8. The average molecular weight is 433 g/mol. The maximum atomic E-state index is 12.7. The third-order valence-corrected chi connectivity index (χ3v) is 5.84. The fourth-order valence-electron chi connectivity index (χ4n) is 3.20. The second-order valence-electron chi connectivity index (χ2n) is 7.84. The number of nitrogens with two attached hydrogens (primary N) is 2. The molecule has 0 saturated carbocycles. The van der Waals surface area contributed by atoms with Gasteiger partial charge < -0.3 is 16.8 Å². The Morgan fingerprint density at radius 1 is 1.03 bits per heavy atom.